The number of ether oxygens (including phenoxy) is 1. The van der Waals surface area contributed by atoms with Crippen LogP contribution in [0.2, 0.25) is 0 Å². The third-order valence-electron chi connectivity index (χ3n) is 4.31. The van der Waals surface area contributed by atoms with Crippen LogP contribution >= 0.6 is 0 Å². The lowest BCUT2D eigenvalue weighted by Gasteiger charge is -2.23. The molecule has 8 nitrogen and oxygen atoms in total. The second-order valence-corrected chi connectivity index (χ2v) is 6.32. The van der Waals surface area contributed by atoms with Crippen LogP contribution in [0.15, 0.2) is 54.3 Å². The number of hydrogen-bond donors (Lipinski definition) is 1. The van der Waals surface area contributed by atoms with Gasteiger partial charge in [0.15, 0.2) is 0 Å². The minimum atomic E-state index is -0.682. The molecule has 146 valence electrons. The first kappa shape index (κ1) is 19.5. The van der Waals surface area contributed by atoms with E-state index in [1.807, 2.05) is 24.3 Å². The van der Waals surface area contributed by atoms with E-state index < -0.39 is 6.04 Å². The Morgan fingerprint density at radius 1 is 1.43 bits per heavy atom. The average Bonchev–Trinajstić information content (AvgIpc) is 3.13. The number of nitrogens with one attached hydrogen (secondary N) is 1. The lowest BCUT2D eigenvalue weighted by atomic mass is 10.1. The van der Waals surface area contributed by atoms with Crippen molar-refractivity contribution in [2.24, 2.45) is 5.16 Å². The van der Waals surface area contributed by atoms with E-state index in [1.54, 1.807) is 18.3 Å². The van der Waals surface area contributed by atoms with Crippen molar-refractivity contribution in [2.45, 2.75) is 12.5 Å². The van der Waals surface area contributed by atoms with Gasteiger partial charge in [-0.2, -0.15) is 0 Å². The molecule has 1 N–H and O–H groups in total. The first-order valence-corrected chi connectivity index (χ1v) is 8.85. The third-order valence-corrected chi connectivity index (χ3v) is 4.31. The predicted molar refractivity (Wildman–Crippen MR) is 106 cm³/mol. The molecular weight excluding hydrogens is 360 g/mol. The Morgan fingerprint density at radius 3 is 3.07 bits per heavy atom. The molecule has 1 aromatic carbocycles. The van der Waals surface area contributed by atoms with Crippen LogP contribution in [0.5, 0.6) is 0 Å². The number of hydrogen-bond acceptors (Lipinski definition) is 6. The fourth-order valence-corrected chi connectivity index (χ4v) is 3.03. The Morgan fingerprint density at radius 2 is 2.29 bits per heavy atom. The molecule has 0 aliphatic carbocycles. The van der Waals surface area contributed by atoms with Gasteiger partial charge in [-0.25, -0.2) is 0 Å². The van der Waals surface area contributed by atoms with Crippen molar-refractivity contribution in [3.63, 3.8) is 0 Å². The van der Waals surface area contributed by atoms with Gasteiger partial charge in [0.1, 0.15) is 19.3 Å². The lowest BCUT2D eigenvalue weighted by Crippen LogP contribution is -2.44. The van der Waals surface area contributed by atoms with Gasteiger partial charge in [-0.05, 0) is 24.3 Å². The first-order valence-electron chi connectivity index (χ1n) is 8.85. The number of benzene rings is 1. The molecule has 1 fully saturated rings. The topological polar surface area (TPSA) is 93.1 Å². The molecule has 0 unspecified atom stereocenters. The third kappa shape index (κ3) is 4.52. The van der Waals surface area contributed by atoms with Gasteiger partial charge in [0.25, 0.3) is 0 Å². The number of carbonyl (C=O) groups excluding carboxylic acids is 2. The van der Waals surface area contributed by atoms with Crippen molar-refractivity contribution in [1.29, 1.82) is 0 Å². The molecule has 2 amide bonds. The zero-order valence-electron chi connectivity index (χ0n) is 15.6. The molecule has 1 saturated heterocycles. The first-order chi connectivity index (χ1) is 13.6. The van der Waals surface area contributed by atoms with Crippen molar-refractivity contribution in [3.05, 3.63) is 49.2 Å². The van der Waals surface area contributed by atoms with Gasteiger partial charge in [0.05, 0.1) is 17.8 Å². The number of nitrogens with zero attached hydrogens (tertiary/aromatic N) is 3. The van der Waals surface area contributed by atoms with Crippen molar-refractivity contribution in [3.8, 4) is 0 Å². The summed E-state index contributed by atoms with van der Waals surface area (Å²) in [6, 6.07) is 8.54. The van der Waals surface area contributed by atoms with E-state index in [9.17, 15) is 9.59 Å². The van der Waals surface area contributed by atoms with Crippen LogP contribution in [0.1, 0.15) is 6.42 Å². The Kier molecular flexibility index (Phi) is 6.33. The molecule has 0 bridgehead atoms. The molecular formula is C20H22N4O4. The number of amides is 2. The summed E-state index contributed by atoms with van der Waals surface area (Å²) < 4.78 is 4.93. The average molecular weight is 382 g/mol. The molecule has 1 aliphatic heterocycles. The van der Waals surface area contributed by atoms with Crippen molar-refractivity contribution >= 4 is 34.1 Å². The summed E-state index contributed by atoms with van der Waals surface area (Å²) in [6.07, 6.45) is 3.59. The summed E-state index contributed by atoms with van der Waals surface area (Å²) in [7, 11) is 1.44. The van der Waals surface area contributed by atoms with E-state index in [1.165, 1.54) is 12.0 Å². The van der Waals surface area contributed by atoms with Crippen LogP contribution in [0.25, 0.3) is 10.9 Å². The van der Waals surface area contributed by atoms with Gasteiger partial charge in [0, 0.05) is 30.8 Å². The summed E-state index contributed by atoms with van der Waals surface area (Å²) in [5.74, 6) is -0.569. The van der Waals surface area contributed by atoms with Crippen LogP contribution in [0, 0.1) is 0 Å². The number of likely N-dealkylation sites (tertiary alicyclic amines) is 1. The summed E-state index contributed by atoms with van der Waals surface area (Å²) in [4.78, 5) is 36.1. The fraction of sp³-hybridized carbons (Fsp3) is 0.300. The lowest BCUT2D eigenvalue weighted by molar-refractivity contribution is -0.139. The van der Waals surface area contributed by atoms with Gasteiger partial charge in [-0.3, -0.25) is 14.6 Å². The summed E-state index contributed by atoms with van der Waals surface area (Å²) in [5.41, 5.74) is 2.10. The second kappa shape index (κ2) is 9.09. The van der Waals surface area contributed by atoms with E-state index in [-0.39, 0.29) is 31.6 Å². The number of rotatable bonds is 7. The number of methoxy groups -OCH3 is 1. The zero-order valence-corrected chi connectivity index (χ0v) is 15.6. The van der Waals surface area contributed by atoms with Crippen LogP contribution in [0.4, 0.5) is 5.69 Å². The minimum absolute atomic E-state index is 0.105. The predicted octanol–water partition coefficient (Wildman–Crippen LogP) is 1.98. The number of oxime groups is 1. The molecule has 2 heterocycles. The van der Waals surface area contributed by atoms with Crippen molar-refractivity contribution in [2.75, 3.05) is 32.2 Å². The Labute approximate surface area is 162 Å². The Bertz CT molecular complexity index is 912. The van der Waals surface area contributed by atoms with Crippen LogP contribution in [-0.2, 0) is 19.2 Å². The summed E-state index contributed by atoms with van der Waals surface area (Å²) in [6.45, 7) is 3.94. The normalized spacial score (nSPS) is 17.7. The van der Waals surface area contributed by atoms with Crippen LogP contribution in [-0.4, -0.2) is 60.3 Å². The monoisotopic (exact) mass is 382 g/mol. The second-order valence-electron chi connectivity index (χ2n) is 6.32. The number of aromatic nitrogens is 1. The van der Waals surface area contributed by atoms with Gasteiger partial charge in [0.2, 0.25) is 11.8 Å². The van der Waals surface area contributed by atoms with Gasteiger partial charge in [-0.1, -0.05) is 23.9 Å². The smallest absolute Gasteiger partial charge is 0.249 e. The minimum Gasteiger partial charge on any atom is -0.392 e. The van der Waals surface area contributed by atoms with Crippen LogP contribution < -0.4 is 5.32 Å². The molecule has 1 aliphatic rings. The highest BCUT2D eigenvalue weighted by molar-refractivity contribution is 6.05. The van der Waals surface area contributed by atoms with E-state index in [4.69, 9.17) is 9.57 Å². The van der Waals surface area contributed by atoms with Gasteiger partial charge < -0.3 is 19.8 Å². The Balaban J connectivity index is 1.76. The van der Waals surface area contributed by atoms with Gasteiger partial charge >= 0.3 is 0 Å². The van der Waals surface area contributed by atoms with Crippen LogP contribution in [0.3, 0.4) is 0 Å². The molecule has 0 spiro atoms. The van der Waals surface area contributed by atoms with E-state index in [0.29, 0.717) is 17.8 Å². The molecule has 1 aromatic heterocycles. The zero-order chi connectivity index (χ0) is 19.9. The number of pyridine rings is 1. The molecule has 1 atom stereocenters. The Hall–Kier alpha value is -3.26. The molecule has 0 radical (unpaired) electrons. The standard InChI is InChI=1S/C20H22N4O4/c1-3-9-28-23-16-11-18(24(12-16)19(25)13-27-2)20(26)22-15-6-7-17-14(10-15)5-4-8-21-17/h3-8,10,18H,1,9,11-13H2,2H3,(H,22,26)/b23-16+/t18-/m0/s1. The fourth-order valence-electron chi connectivity index (χ4n) is 3.03. The van der Waals surface area contributed by atoms with E-state index >= 15 is 0 Å². The van der Waals surface area contributed by atoms with E-state index in [0.717, 1.165) is 10.9 Å². The summed E-state index contributed by atoms with van der Waals surface area (Å²) in [5, 5.41) is 7.80. The molecule has 0 saturated carbocycles. The number of fused-ring (bicyclic) bond motifs is 1. The van der Waals surface area contributed by atoms with E-state index in [2.05, 4.69) is 22.0 Å². The number of carbonyl (C=O) groups is 2. The maximum Gasteiger partial charge on any atom is 0.249 e. The maximum absolute atomic E-state index is 12.9. The molecule has 3 rings (SSSR count). The highest BCUT2D eigenvalue weighted by Crippen LogP contribution is 2.21. The molecule has 8 heteroatoms. The summed E-state index contributed by atoms with van der Waals surface area (Å²) >= 11 is 0. The SMILES string of the molecule is C=CCO/N=C1\C[C@@H](C(=O)Nc2ccc3ncccc3c2)N(C(=O)COC)C1. The molecule has 28 heavy (non-hydrogen) atoms. The van der Waals surface area contributed by atoms with Gasteiger partial charge in [-0.15, -0.1) is 0 Å². The molecule has 2 aromatic rings. The highest BCUT2D eigenvalue weighted by atomic mass is 16.6. The quantitative estimate of drug-likeness (QED) is 0.449. The number of anilines is 1. The largest absolute Gasteiger partial charge is 0.392 e. The maximum atomic E-state index is 12.9. The highest BCUT2D eigenvalue weighted by Gasteiger charge is 2.38. The van der Waals surface area contributed by atoms with Crippen molar-refractivity contribution < 1.29 is 19.2 Å². The van der Waals surface area contributed by atoms with Crippen molar-refractivity contribution in [1.82, 2.24) is 9.88 Å².